The number of nitriles is 1. The molecule has 14 heavy (non-hydrogen) atoms. The van der Waals surface area contributed by atoms with Crippen LogP contribution < -0.4 is 10.6 Å². The van der Waals surface area contributed by atoms with Crippen molar-refractivity contribution in [1.82, 2.24) is 15.5 Å². The summed E-state index contributed by atoms with van der Waals surface area (Å²) in [6.07, 6.45) is 0. The van der Waals surface area contributed by atoms with Gasteiger partial charge in [0.2, 0.25) is 5.91 Å². The summed E-state index contributed by atoms with van der Waals surface area (Å²) in [5.41, 5.74) is 0. The predicted molar refractivity (Wildman–Crippen MR) is 52.5 cm³/mol. The second-order valence-electron chi connectivity index (χ2n) is 3.46. The lowest BCUT2D eigenvalue weighted by molar-refractivity contribution is -0.122. The molecule has 1 amide bonds. The Morgan fingerprint density at radius 1 is 1.79 bits per heavy atom. The Morgan fingerprint density at radius 2 is 2.57 bits per heavy atom. The number of rotatable bonds is 3. The summed E-state index contributed by atoms with van der Waals surface area (Å²) < 4.78 is 0. The number of amides is 1. The molecule has 0 aliphatic carbocycles. The molecule has 1 aliphatic heterocycles. The molecule has 1 fully saturated rings. The molecule has 0 unspecified atom stereocenters. The van der Waals surface area contributed by atoms with Gasteiger partial charge in [-0.25, -0.2) is 0 Å². The van der Waals surface area contributed by atoms with E-state index < -0.39 is 0 Å². The lowest BCUT2D eigenvalue weighted by atomic mass is 10.2. The number of hydrogen-bond donors (Lipinski definition) is 2. The SMILES string of the molecule is C[C@H]1CNCCN1CC(=O)NCC#N. The summed E-state index contributed by atoms with van der Waals surface area (Å²) in [4.78, 5) is 13.4. The van der Waals surface area contributed by atoms with Gasteiger partial charge in [-0.05, 0) is 6.92 Å². The maximum Gasteiger partial charge on any atom is 0.235 e. The zero-order chi connectivity index (χ0) is 10.4. The van der Waals surface area contributed by atoms with E-state index in [2.05, 4.69) is 22.5 Å². The van der Waals surface area contributed by atoms with Gasteiger partial charge in [-0.3, -0.25) is 9.69 Å². The molecule has 1 saturated heterocycles. The first kappa shape index (κ1) is 11.0. The van der Waals surface area contributed by atoms with E-state index in [0.717, 1.165) is 19.6 Å². The summed E-state index contributed by atoms with van der Waals surface area (Å²) >= 11 is 0. The van der Waals surface area contributed by atoms with E-state index in [1.807, 2.05) is 6.07 Å². The molecule has 1 atom stereocenters. The molecule has 0 aromatic heterocycles. The molecule has 0 aromatic carbocycles. The van der Waals surface area contributed by atoms with E-state index in [1.165, 1.54) is 0 Å². The Labute approximate surface area is 84.1 Å². The van der Waals surface area contributed by atoms with Crippen LogP contribution in [0.1, 0.15) is 6.92 Å². The molecule has 0 saturated carbocycles. The van der Waals surface area contributed by atoms with Crippen molar-refractivity contribution in [2.75, 3.05) is 32.7 Å². The first-order valence-electron chi connectivity index (χ1n) is 4.82. The molecule has 1 aliphatic rings. The largest absolute Gasteiger partial charge is 0.342 e. The van der Waals surface area contributed by atoms with Crippen LogP contribution in [0.4, 0.5) is 0 Å². The van der Waals surface area contributed by atoms with Gasteiger partial charge in [0, 0.05) is 25.7 Å². The molecule has 78 valence electrons. The third-order valence-corrected chi connectivity index (χ3v) is 2.35. The van der Waals surface area contributed by atoms with Crippen molar-refractivity contribution in [3.8, 4) is 6.07 Å². The first-order valence-corrected chi connectivity index (χ1v) is 4.82. The lowest BCUT2D eigenvalue weighted by Crippen LogP contribution is -2.52. The highest BCUT2D eigenvalue weighted by Crippen LogP contribution is 2.00. The van der Waals surface area contributed by atoms with Crippen molar-refractivity contribution < 1.29 is 4.79 Å². The van der Waals surface area contributed by atoms with Gasteiger partial charge in [0.15, 0.2) is 0 Å². The van der Waals surface area contributed by atoms with E-state index >= 15 is 0 Å². The van der Waals surface area contributed by atoms with E-state index in [0.29, 0.717) is 12.6 Å². The second-order valence-corrected chi connectivity index (χ2v) is 3.46. The lowest BCUT2D eigenvalue weighted by Gasteiger charge is -2.33. The first-order chi connectivity index (χ1) is 6.74. The van der Waals surface area contributed by atoms with Crippen molar-refractivity contribution in [3.05, 3.63) is 0 Å². The Hall–Kier alpha value is -1.12. The van der Waals surface area contributed by atoms with Crippen LogP contribution in [0.15, 0.2) is 0 Å². The minimum Gasteiger partial charge on any atom is -0.342 e. The van der Waals surface area contributed by atoms with Crippen LogP contribution in [0, 0.1) is 11.3 Å². The van der Waals surface area contributed by atoms with Crippen molar-refractivity contribution in [2.24, 2.45) is 0 Å². The fourth-order valence-electron chi connectivity index (χ4n) is 1.50. The van der Waals surface area contributed by atoms with E-state index in [9.17, 15) is 4.79 Å². The fourth-order valence-corrected chi connectivity index (χ4v) is 1.50. The quantitative estimate of drug-likeness (QED) is 0.563. The minimum absolute atomic E-state index is 0.0692. The molecule has 5 heteroatoms. The number of piperazine rings is 1. The van der Waals surface area contributed by atoms with Crippen LogP contribution in [-0.2, 0) is 4.79 Å². The van der Waals surface area contributed by atoms with Gasteiger partial charge in [-0.15, -0.1) is 0 Å². The number of carbonyl (C=O) groups excluding carboxylic acids is 1. The molecule has 2 N–H and O–H groups in total. The van der Waals surface area contributed by atoms with Crippen molar-refractivity contribution >= 4 is 5.91 Å². The van der Waals surface area contributed by atoms with Crippen LogP contribution in [0.25, 0.3) is 0 Å². The number of carbonyl (C=O) groups is 1. The van der Waals surface area contributed by atoms with Crippen molar-refractivity contribution in [1.29, 1.82) is 5.26 Å². The topological polar surface area (TPSA) is 68.2 Å². The van der Waals surface area contributed by atoms with E-state index in [4.69, 9.17) is 5.26 Å². The highest BCUT2D eigenvalue weighted by Gasteiger charge is 2.19. The maximum absolute atomic E-state index is 11.3. The third kappa shape index (κ3) is 3.32. The van der Waals surface area contributed by atoms with Gasteiger partial charge in [-0.1, -0.05) is 0 Å². The Kier molecular flexibility index (Phi) is 4.36. The Balaban J connectivity index is 2.28. The van der Waals surface area contributed by atoms with Crippen LogP contribution in [-0.4, -0.2) is 49.6 Å². The highest BCUT2D eigenvalue weighted by molar-refractivity contribution is 5.78. The number of nitrogens with zero attached hydrogens (tertiary/aromatic N) is 2. The second kappa shape index (κ2) is 5.58. The summed E-state index contributed by atoms with van der Waals surface area (Å²) in [7, 11) is 0. The predicted octanol–water partition coefficient (Wildman–Crippen LogP) is -1.08. The van der Waals surface area contributed by atoms with Crippen molar-refractivity contribution in [2.45, 2.75) is 13.0 Å². The summed E-state index contributed by atoms with van der Waals surface area (Å²) in [6.45, 7) is 5.32. The van der Waals surface area contributed by atoms with Gasteiger partial charge in [-0.2, -0.15) is 5.26 Å². The zero-order valence-corrected chi connectivity index (χ0v) is 8.42. The molecular weight excluding hydrogens is 180 g/mol. The molecule has 0 aromatic rings. The zero-order valence-electron chi connectivity index (χ0n) is 8.42. The fraction of sp³-hybridized carbons (Fsp3) is 0.778. The Bertz CT molecular complexity index is 235. The van der Waals surface area contributed by atoms with E-state index in [-0.39, 0.29) is 12.5 Å². The maximum atomic E-state index is 11.3. The van der Waals surface area contributed by atoms with Crippen LogP contribution >= 0.6 is 0 Å². The molecule has 1 rings (SSSR count). The summed E-state index contributed by atoms with van der Waals surface area (Å²) in [5, 5.41) is 14.1. The average molecular weight is 196 g/mol. The number of nitrogens with one attached hydrogen (secondary N) is 2. The van der Waals surface area contributed by atoms with Crippen LogP contribution in [0.3, 0.4) is 0 Å². The molecule has 0 spiro atoms. The van der Waals surface area contributed by atoms with Crippen molar-refractivity contribution in [3.63, 3.8) is 0 Å². The molecule has 1 heterocycles. The van der Waals surface area contributed by atoms with Gasteiger partial charge >= 0.3 is 0 Å². The summed E-state index contributed by atoms with van der Waals surface area (Å²) in [5.74, 6) is -0.0692. The standard InChI is InChI=1S/C9H16N4O/c1-8-6-11-4-5-13(8)7-9(14)12-3-2-10/h8,11H,3-7H2,1H3,(H,12,14)/t8-/m0/s1. The Morgan fingerprint density at radius 3 is 3.21 bits per heavy atom. The third-order valence-electron chi connectivity index (χ3n) is 2.35. The normalized spacial score (nSPS) is 22.7. The van der Waals surface area contributed by atoms with Crippen LogP contribution in [0.2, 0.25) is 0 Å². The van der Waals surface area contributed by atoms with Crippen LogP contribution in [0.5, 0.6) is 0 Å². The molecule has 5 nitrogen and oxygen atoms in total. The highest BCUT2D eigenvalue weighted by atomic mass is 16.2. The van der Waals surface area contributed by atoms with Gasteiger partial charge in [0.25, 0.3) is 0 Å². The monoisotopic (exact) mass is 196 g/mol. The minimum atomic E-state index is -0.0692. The van der Waals surface area contributed by atoms with Gasteiger partial charge < -0.3 is 10.6 Å². The van der Waals surface area contributed by atoms with E-state index in [1.54, 1.807) is 0 Å². The molecule has 0 radical (unpaired) electrons. The number of hydrogen-bond acceptors (Lipinski definition) is 4. The van der Waals surface area contributed by atoms with Gasteiger partial charge in [0.05, 0.1) is 12.6 Å². The molecule has 0 bridgehead atoms. The molecular formula is C9H16N4O. The average Bonchev–Trinajstić information content (AvgIpc) is 2.18. The smallest absolute Gasteiger partial charge is 0.235 e. The van der Waals surface area contributed by atoms with Gasteiger partial charge in [0.1, 0.15) is 6.54 Å². The summed E-state index contributed by atoms with van der Waals surface area (Å²) in [6, 6.07) is 2.27.